The van der Waals surface area contributed by atoms with E-state index in [1.54, 1.807) is 11.9 Å². The number of amides is 1. The van der Waals surface area contributed by atoms with Crippen LogP contribution in [0.2, 0.25) is 45.3 Å². The van der Waals surface area contributed by atoms with E-state index in [0.717, 1.165) is 19.0 Å². The molecule has 0 heterocycles. The summed E-state index contributed by atoms with van der Waals surface area (Å²) in [5.41, 5.74) is 0. The van der Waals surface area contributed by atoms with Gasteiger partial charge in [0.25, 0.3) is 0 Å². The van der Waals surface area contributed by atoms with E-state index in [4.69, 9.17) is 8.23 Å². The lowest BCUT2D eigenvalue weighted by Crippen LogP contribution is -2.49. The van der Waals surface area contributed by atoms with Gasteiger partial charge in [-0.1, -0.05) is 6.58 Å². The summed E-state index contributed by atoms with van der Waals surface area (Å²) in [4.78, 5) is 13.1. The lowest BCUT2D eigenvalue weighted by Gasteiger charge is -2.35. The highest BCUT2D eigenvalue weighted by molar-refractivity contribution is 6.84. The molecule has 1 atom stereocenters. The summed E-state index contributed by atoms with van der Waals surface area (Å²) in [5, 5.41) is 0. The third kappa shape index (κ3) is 8.85. The molecule has 0 aliphatic rings. The Morgan fingerprint density at radius 1 is 1.30 bits per heavy atom. The molecule has 0 spiro atoms. The zero-order valence-corrected chi connectivity index (χ0v) is 17.3. The lowest BCUT2D eigenvalue weighted by atomic mass is 10.4. The first kappa shape index (κ1) is 19.8. The Bertz CT molecular complexity index is 331. The van der Waals surface area contributed by atoms with E-state index in [0.29, 0.717) is 0 Å². The van der Waals surface area contributed by atoms with E-state index < -0.39 is 25.9 Å². The highest BCUT2D eigenvalue weighted by atomic mass is 28.5. The molecule has 0 saturated carbocycles. The first-order chi connectivity index (χ1) is 8.99. The summed E-state index contributed by atoms with van der Waals surface area (Å²) in [7, 11) is -3.01. The van der Waals surface area contributed by atoms with Crippen molar-refractivity contribution in [3.8, 4) is 0 Å². The van der Waals surface area contributed by atoms with Gasteiger partial charge in [-0.05, 0) is 57.8 Å². The Balaban J connectivity index is 4.51. The number of carbonyl (C=O) groups is 1. The SMILES string of the molecule is C=CC(=O)N(C)CCC[Si](C)(O[SiH](C)C)O[Si](C)(C)C. The van der Waals surface area contributed by atoms with Crippen molar-refractivity contribution in [2.45, 2.75) is 51.7 Å². The molecule has 0 N–H and O–H groups in total. The van der Waals surface area contributed by atoms with Crippen LogP contribution >= 0.6 is 0 Å². The zero-order chi connectivity index (χ0) is 16.0. The van der Waals surface area contributed by atoms with Gasteiger partial charge >= 0.3 is 8.56 Å². The van der Waals surface area contributed by atoms with Crippen LogP contribution in [0.1, 0.15) is 6.42 Å². The summed E-state index contributed by atoms with van der Waals surface area (Å²) in [6, 6.07) is 0.942. The molecular weight excluding hydrogens is 302 g/mol. The summed E-state index contributed by atoms with van der Waals surface area (Å²) >= 11 is 0. The van der Waals surface area contributed by atoms with Crippen LogP contribution < -0.4 is 0 Å². The van der Waals surface area contributed by atoms with Gasteiger partial charge in [-0.2, -0.15) is 0 Å². The van der Waals surface area contributed by atoms with E-state index in [9.17, 15) is 4.79 Å². The second-order valence-corrected chi connectivity index (χ2v) is 17.4. The van der Waals surface area contributed by atoms with Crippen molar-refractivity contribution >= 4 is 31.8 Å². The second-order valence-electron chi connectivity index (χ2n) is 6.58. The predicted molar refractivity (Wildman–Crippen MR) is 93.3 cm³/mol. The zero-order valence-electron chi connectivity index (χ0n) is 14.2. The fourth-order valence-corrected chi connectivity index (χ4v) is 13.7. The van der Waals surface area contributed by atoms with E-state index in [1.165, 1.54) is 6.08 Å². The summed E-state index contributed by atoms with van der Waals surface area (Å²) in [6.07, 6.45) is 2.27. The maximum atomic E-state index is 11.4. The molecule has 0 bridgehead atoms. The van der Waals surface area contributed by atoms with Gasteiger partial charge in [0.05, 0.1) is 0 Å². The van der Waals surface area contributed by atoms with Crippen LogP contribution in [-0.2, 0) is 13.0 Å². The largest absolute Gasteiger partial charge is 0.439 e. The Hall–Kier alpha value is -0.219. The molecule has 0 aromatic heterocycles. The van der Waals surface area contributed by atoms with E-state index in [-0.39, 0.29) is 5.91 Å². The molecular formula is C13H31NO3Si3. The molecule has 0 fully saturated rings. The molecule has 20 heavy (non-hydrogen) atoms. The highest BCUT2D eigenvalue weighted by Crippen LogP contribution is 2.22. The van der Waals surface area contributed by atoms with Crippen LogP contribution in [0.4, 0.5) is 0 Å². The van der Waals surface area contributed by atoms with E-state index >= 15 is 0 Å². The molecule has 1 unspecified atom stereocenters. The molecule has 4 nitrogen and oxygen atoms in total. The van der Waals surface area contributed by atoms with Gasteiger partial charge < -0.3 is 13.1 Å². The van der Waals surface area contributed by atoms with Crippen molar-refractivity contribution in [2.75, 3.05) is 13.6 Å². The standard InChI is InChI=1S/C13H31NO3Si3/c1-9-13(15)14(2)11-10-12-20(8,16-18(3)4)17-19(5,6)7/h9,18H,1,10-12H2,2-8H3. The third-order valence-electron chi connectivity index (χ3n) is 2.68. The summed E-state index contributed by atoms with van der Waals surface area (Å²) in [6.45, 7) is 17.4. The van der Waals surface area contributed by atoms with Gasteiger partial charge in [0.2, 0.25) is 5.91 Å². The number of carbonyl (C=O) groups excluding carboxylic acids is 1. The Morgan fingerprint density at radius 2 is 1.85 bits per heavy atom. The van der Waals surface area contributed by atoms with Crippen molar-refractivity contribution < 1.29 is 13.0 Å². The molecule has 0 saturated heterocycles. The van der Waals surface area contributed by atoms with Crippen LogP contribution in [0, 0.1) is 0 Å². The van der Waals surface area contributed by atoms with Crippen LogP contribution in [0.15, 0.2) is 12.7 Å². The van der Waals surface area contributed by atoms with Crippen LogP contribution in [0.3, 0.4) is 0 Å². The van der Waals surface area contributed by atoms with Gasteiger partial charge in [-0.15, -0.1) is 0 Å². The smallest absolute Gasteiger partial charge is 0.314 e. The number of likely N-dealkylation sites (N-methyl/N-ethyl adjacent to an activating group) is 1. The molecule has 0 aliphatic carbocycles. The van der Waals surface area contributed by atoms with E-state index in [1.807, 2.05) is 0 Å². The number of nitrogens with zero attached hydrogens (tertiary/aromatic N) is 1. The number of rotatable bonds is 9. The van der Waals surface area contributed by atoms with Gasteiger partial charge in [0.1, 0.15) is 0 Å². The van der Waals surface area contributed by atoms with Crippen molar-refractivity contribution in [2.24, 2.45) is 0 Å². The molecule has 0 aromatic rings. The lowest BCUT2D eigenvalue weighted by molar-refractivity contribution is -0.124. The molecule has 0 rings (SSSR count). The molecule has 0 aliphatic heterocycles. The molecule has 1 amide bonds. The van der Waals surface area contributed by atoms with Gasteiger partial charge in [0.15, 0.2) is 17.4 Å². The fraction of sp³-hybridized carbons (Fsp3) is 0.769. The number of hydrogen-bond donors (Lipinski definition) is 0. The highest BCUT2D eigenvalue weighted by Gasteiger charge is 2.36. The molecule has 0 aromatic carbocycles. The molecule has 7 heteroatoms. The quantitative estimate of drug-likeness (QED) is 0.481. The molecule has 0 radical (unpaired) electrons. The average Bonchev–Trinajstić information content (AvgIpc) is 2.23. The minimum Gasteiger partial charge on any atom is -0.439 e. The van der Waals surface area contributed by atoms with Crippen LogP contribution in [0.25, 0.3) is 0 Å². The van der Waals surface area contributed by atoms with Gasteiger partial charge in [-0.25, -0.2) is 0 Å². The first-order valence-electron chi connectivity index (χ1n) is 7.24. The number of hydrogen-bond acceptors (Lipinski definition) is 3. The maximum Gasteiger partial charge on any atom is 0.314 e. The van der Waals surface area contributed by atoms with Crippen LogP contribution in [0.5, 0.6) is 0 Å². The van der Waals surface area contributed by atoms with Crippen LogP contribution in [-0.4, -0.2) is 50.3 Å². The van der Waals surface area contributed by atoms with Gasteiger partial charge in [0, 0.05) is 13.6 Å². The van der Waals surface area contributed by atoms with Crippen molar-refractivity contribution in [1.82, 2.24) is 4.90 Å². The molecule has 118 valence electrons. The summed E-state index contributed by atoms with van der Waals surface area (Å²) in [5.74, 6) is -0.0290. The predicted octanol–water partition coefficient (Wildman–Crippen LogP) is 2.94. The third-order valence-corrected chi connectivity index (χ3v) is 12.0. The Kier molecular flexibility index (Phi) is 8.19. The fourth-order valence-electron chi connectivity index (χ4n) is 2.18. The maximum absolute atomic E-state index is 11.4. The first-order valence-corrected chi connectivity index (χ1v) is 16.0. The summed E-state index contributed by atoms with van der Waals surface area (Å²) < 4.78 is 12.6. The average molecular weight is 334 g/mol. The minimum absolute atomic E-state index is 0.0290. The Labute approximate surface area is 128 Å². The normalized spacial score (nSPS) is 15.0. The minimum atomic E-state index is -2.10. The second kappa shape index (κ2) is 8.28. The van der Waals surface area contributed by atoms with E-state index in [2.05, 4.69) is 45.9 Å². The topological polar surface area (TPSA) is 38.8 Å². The monoisotopic (exact) mass is 333 g/mol. The Morgan fingerprint density at radius 3 is 2.25 bits per heavy atom. The van der Waals surface area contributed by atoms with Gasteiger partial charge in [-0.3, -0.25) is 4.79 Å². The van der Waals surface area contributed by atoms with Crippen molar-refractivity contribution in [1.29, 1.82) is 0 Å². The van der Waals surface area contributed by atoms with Crippen molar-refractivity contribution in [3.05, 3.63) is 12.7 Å². The van der Waals surface area contributed by atoms with Crippen molar-refractivity contribution in [3.63, 3.8) is 0 Å².